The van der Waals surface area contributed by atoms with E-state index in [0.717, 1.165) is 22.2 Å². The second kappa shape index (κ2) is 7.86. The first-order valence-electron chi connectivity index (χ1n) is 9.09. The van der Waals surface area contributed by atoms with E-state index >= 15 is 0 Å². The molecule has 0 saturated carbocycles. The number of anilines is 2. The number of benzene rings is 3. The van der Waals surface area contributed by atoms with Crippen LogP contribution in [0.5, 0.6) is 0 Å². The summed E-state index contributed by atoms with van der Waals surface area (Å²) in [6.07, 6.45) is 5.43. The zero-order chi connectivity index (χ0) is 20.2. The number of para-hydroxylation sites is 1. The van der Waals surface area contributed by atoms with Crippen molar-refractivity contribution in [2.24, 2.45) is 4.99 Å². The number of fused-ring (bicyclic) bond motifs is 1. The Labute approximate surface area is 167 Å². The Morgan fingerprint density at radius 2 is 1.66 bits per heavy atom. The van der Waals surface area contributed by atoms with Gasteiger partial charge in [-0.25, -0.2) is 4.79 Å². The molecular weight excluding hydrogens is 362 g/mol. The van der Waals surface area contributed by atoms with Gasteiger partial charge in [-0.15, -0.1) is 0 Å². The van der Waals surface area contributed by atoms with E-state index in [2.05, 4.69) is 4.99 Å². The first-order valence-corrected chi connectivity index (χ1v) is 9.09. The average molecular weight is 381 g/mol. The van der Waals surface area contributed by atoms with Crippen LogP contribution in [0.25, 0.3) is 28.2 Å². The lowest BCUT2D eigenvalue weighted by Gasteiger charge is -2.03. The molecule has 0 amide bonds. The van der Waals surface area contributed by atoms with Crippen LogP contribution in [0.15, 0.2) is 93.1 Å². The highest BCUT2D eigenvalue weighted by Gasteiger charge is 2.07. The van der Waals surface area contributed by atoms with Crippen LogP contribution in [-0.4, -0.2) is 6.21 Å². The lowest BCUT2D eigenvalue weighted by Crippen LogP contribution is -2.02. The summed E-state index contributed by atoms with van der Waals surface area (Å²) in [7, 11) is 0. The number of hydrogen-bond acceptors (Lipinski definition) is 5. The summed E-state index contributed by atoms with van der Waals surface area (Å²) in [5, 5.41) is 0.887. The Bertz CT molecular complexity index is 1290. The van der Waals surface area contributed by atoms with Crippen molar-refractivity contribution in [3.8, 4) is 11.1 Å². The zero-order valence-corrected chi connectivity index (χ0v) is 15.6. The molecule has 0 bridgehead atoms. The van der Waals surface area contributed by atoms with Gasteiger partial charge in [0.2, 0.25) is 0 Å². The van der Waals surface area contributed by atoms with Crippen LogP contribution >= 0.6 is 0 Å². The molecule has 4 N–H and O–H groups in total. The van der Waals surface area contributed by atoms with Gasteiger partial charge in [0.1, 0.15) is 5.58 Å². The number of nitrogen functional groups attached to an aromatic ring is 2. The highest BCUT2D eigenvalue weighted by atomic mass is 16.4. The molecule has 5 nitrogen and oxygen atoms in total. The summed E-state index contributed by atoms with van der Waals surface area (Å²) in [6.45, 7) is 0. The molecule has 0 fully saturated rings. The summed E-state index contributed by atoms with van der Waals surface area (Å²) >= 11 is 0. The normalized spacial score (nSPS) is 11.6. The van der Waals surface area contributed by atoms with E-state index in [0.29, 0.717) is 22.5 Å². The van der Waals surface area contributed by atoms with Crippen LogP contribution in [0.1, 0.15) is 5.56 Å². The molecule has 0 saturated heterocycles. The lowest BCUT2D eigenvalue weighted by molar-refractivity contribution is 0.563. The summed E-state index contributed by atoms with van der Waals surface area (Å²) in [5.74, 6) is 0. The quantitative estimate of drug-likeness (QED) is 0.294. The third kappa shape index (κ3) is 4.09. The smallest absolute Gasteiger partial charge is 0.344 e. The number of hydrogen-bond donors (Lipinski definition) is 2. The van der Waals surface area contributed by atoms with Crippen LogP contribution < -0.4 is 17.1 Å². The molecule has 0 aliphatic rings. The molecule has 4 rings (SSSR count). The molecule has 142 valence electrons. The minimum absolute atomic E-state index is 0.356. The van der Waals surface area contributed by atoms with Crippen LogP contribution in [0.4, 0.5) is 17.1 Å². The van der Waals surface area contributed by atoms with Crippen molar-refractivity contribution in [1.82, 2.24) is 0 Å². The Balaban J connectivity index is 1.51. The van der Waals surface area contributed by atoms with E-state index in [1.165, 1.54) is 0 Å². The second-order valence-electron chi connectivity index (χ2n) is 6.56. The van der Waals surface area contributed by atoms with Gasteiger partial charge >= 0.3 is 5.63 Å². The molecule has 0 radical (unpaired) electrons. The predicted molar refractivity (Wildman–Crippen MR) is 120 cm³/mol. The fraction of sp³-hybridized carbons (Fsp3) is 0. The van der Waals surface area contributed by atoms with E-state index in [-0.39, 0.29) is 5.63 Å². The van der Waals surface area contributed by atoms with E-state index in [4.69, 9.17) is 15.9 Å². The standard InChI is InChI=1S/C24H19N3O2/c25-21-12-7-16(14-22(21)26)4-3-13-27-19-10-8-17(9-11-19)20-15-18-5-1-2-6-23(18)29-24(20)28/h1-15H,25-26H2/b4-3+,27-13?. The third-order valence-corrected chi connectivity index (χ3v) is 4.53. The Morgan fingerprint density at radius 3 is 2.45 bits per heavy atom. The fourth-order valence-electron chi connectivity index (χ4n) is 2.97. The van der Waals surface area contributed by atoms with Gasteiger partial charge in [-0.1, -0.05) is 42.5 Å². The Morgan fingerprint density at radius 1 is 0.862 bits per heavy atom. The van der Waals surface area contributed by atoms with Gasteiger partial charge < -0.3 is 15.9 Å². The van der Waals surface area contributed by atoms with Crippen molar-refractivity contribution in [3.63, 3.8) is 0 Å². The van der Waals surface area contributed by atoms with Crippen molar-refractivity contribution in [1.29, 1.82) is 0 Å². The minimum atomic E-state index is -0.356. The van der Waals surface area contributed by atoms with E-state index in [9.17, 15) is 4.79 Å². The molecule has 0 spiro atoms. The molecule has 5 heteroatoms. The highest BCUT2D eigenvalue weighted by Crippen LogP contribution is 2.23. The van der Waals surface area contributed by atoms with Crippen LogP contribution in [0, 0.1) is 0 Å². The van der Waals surface area contributed by atoms with E-state index < -0.39 is 0 Å². The zero-order valence-electron chi connectivity index (χ0n) is 15.6. The minimum Gasteiger partial charge on any atom is -0.422 e. The third-order valence-electron chi connectivity index (χ3n) is 4.53. The maximum Gasteiger partial charge on any atom is 0.344 e. The molecule has 4 aromatic rings. The van der Waals surface area contributed by atoms with Crippen molar-refractivity contribution >= 4 is 40.3 Å². The molecule has 1 aromatic heterocycles. The van der Waals surface area contributed by atoms with Crippen LogP contribution in [0.3, 0.4) is 0 Å². The van der Waals surface area contributed by atoms with E-state index in [1.807, 2.05) is 72.8 Å². The van der Waals surface area contributed by atoms with Crippen LogP contribution in [-0.2, 0) is 0 Å². The molecule has 3 aromatic carbocycles. The first-order chi connectivity index (χ1) is 14.1. The van der Waals surface area contributed by atoms with Crippen molar-refractivity contribution in [3.05, 3.63) is 94.9 Å². The topological polar surface area (TPSA) is 94.6 Å². The number of rotatable bonds is 4. The fourth-order valence-corrected chi connectivity index (χ4v) is 2.97. The molecular formula is C24H19N3O2. The van der Waals surface area contributed by atoms with Crippen molar-refractivity contribution < 1.29 is 4.42 Å². The number of allylic oxidation sites excluding steroid dienone is 1. The molecule has 1 heterocycles. The first kappa shape index (κ1) is 18.3. The van der Waals surface area contributed by atoms with Crippen molar-refractivity contribution in [2.45, 2.75) is 0 Å². The number of aliphatic imine (C=N–C) groups is 1. The van der Waals surface area contributed by atoms with Gasteiger partial charge in [0.25, 0.3) is 0 Å². The average Bonchev–Trinajstić information content (AvgIpc) is 2.74. The van der Waals surface area contributed by atoms with Gasteiger partial charge in [-0.05, 0) is 53.6 Å². The summed E-state index contributed by atoms with van der Waals surface area (Å²) in [5.41, 5.74) is 15.9. The van der Waals surface area contributed by atoms with Gasteiger partial charge in [0.15, 0.2) is 0 Å². The van der Waals surface area contributed by atoms with Gasteiger partial charge in [0, 0.05) is 11.6 Å². The second-order valence-corrected chi connectivity index (χ2v) is 6.56. The Kier molecular flexibility index (Phi) is 4.95. The molecule has 29 heavy (non-hydrogen) atoms. The van der Waals surface area contributed by atoms with Gasteiger partial charge in [0.05, 0.1) is 22.6 Å². The van der Waals surface area contributed by atoms with Crippen LogP contribution in [0.2, 0.25) is 0 Å². The largest absolute Gasteiger partial charge is 0.422 e. The van der Waals surface area contributed by atoms with Crippen molar-refractivity contribution in [2.75, 3.05) is 11.5 Å². The molecule has 0 atom stereocenters. The Hall–Kier alpha value is -4.12. The van der Waals surface area contributed by atoms with Gasteiger partial charge in [-0.3, -0.25) is 4.99 Å². The van der Waals surface area contributed by atoms with E-state index in [1.54, 1.807) is 18.3 Å². The SMILES string of the molecule is Nc1ccc(/C=C/C=Nc2ccc(-c3cc4ccccc4oc3=O)cc2)cc1N. The molecule has 0 unspecified atom stereocenters. The monoisotopic (exact) mass is 381 g/mol. The lowest BCUT2D eigenvalue weighted by atomic mass is 10.1. The summed E-state index contributed by atoms with van der Waals surface area (Å²) in [6, 6.07) is 22.2. The summed E-state index contributed by atoms with van der Waals surface area (Å²) in [4.78, 5) is 16.7. The molecule has 0 aliphatic carbocycles. The molecule has 0 aliphatic heterocycles. The predicted octanol–water partition coefficient (Wildman–Crippen LogP) is 5.04. The number of nitrogens with two attached hydrogens (primary N) is 2. The number of nitrogens with zero attached hydrogens (tertiary/aromatic N) is 1. The van der Waals surface area contributed by atoms with Gasteiger partial charge in [-0.2, -0.15) is 0 Å². The maximum atomic E-state index is 12.3. The summed E-state index contributed by atoms with van der Waals surface area (Å²) < 4.78 is 5.40. The highest BCUT2D eigenvalue weighted by molar-refractivity contribution is 5.83. The maximum absolute atomic E-state index is 12.3.